The second-order valence-corrected chi connectivity index (χ2v) is 5.11. The van der Waals surface area contributed by atoms with Gasteiger partial charge in [-0.2, -0.15) is 0 Å². The van der Waals surface area contributed by atoms with Crippen molar-refractivity contribution < 1.29 is 0 Å². The van der Waals surface area contributed by atoms with E-state index in [1.807, 2.05) is 12.1 Å². The van der Waals surface area contributed by atoms with Gasteiger partial charge in [0.2, 0.25) is 0 Å². The van der Waals surface area contributed by atoms with Gasteiger partial charge in [0.15, 0.2) is 0 Å². The molecule has 3 nitrogen and oxygen atoms in total. The van der Waals surface area contributed by atoms with Crippen LogP contribution in [0.5, 0.6) is 0 Å². The number of nitrogens with zero attached hydrogens (tertiary/aromatic N) is 2. The second-order valence-electron chi connectivity index (χ2n) is 5.11. The van der Waals surface area contributed by atoms with Crippen LogP contribution in [0.4, 0.5) is 0 Å². The van der Waals surface area contributed by atoms with Gasteiger partial charge in [0.25, 0.3) is 0 Å². The molecule has 0 aliphatic carbocycles. The van der Waals surface area contributed by atoms with Crippen LogP contribution in [0, 0.1) is 0 Å². The van der Waals surface area contributed by atoms with Crippen LogP contribution in [0.25, 0.3) is 16.7 Å². The molecule has 1 atom stereocenters. The summed E-state index contributed by atoms with van der Waals surface area (Å²) in [4.78, 5) is 4.81. The molecule has 20 heavy (non-hydrogen) atoms. The first-order valence-corrected chi connectivity index (χ1v) is 7.04. The normalized spacial score (nSPS) is 12.7. The van der Waals surface area contributed by atoms with Crippen molar-refractivity contribution in [1.82, 2.24) is 9.55 Å². The molecule has 0 amide bonds. The van der Waals surface area contributed by atoms with Crippen LogP contribution in [-0.4, -0.2) is 16.1 Å². The standard InChI is InChI=1S/C17H19N3/c1-13(11-12-18)17-19-15-9-5-6-10-16(15)20(17)14-7-3-2-4-8-14/h2-10,13H,11-12,18H2,1H3. The van der Waals surface area contributed by atoms with Crippen LogP contribution < -0.4 is 5.73 Å². The molecule has 0 saturated heterocycles. The minimum Gasteiger partial charge on any atom is -0.330 e. The van der Waals surface area contributed by atoms with E-state index < -0.39 is 0 Å². The number of nitrogens with two attached hydrogens (primary N) is 1. The number of benzene rings is 2. The first-order chi connectivity index (χ1) is 9.81. The largest absolute Gasteiger partial charge is 0.330 e. The highest BCUT2D eigenvalue weighted by Gasteiger charge is 2.16. The molecule has 1 aromatic heterocycles. The molecule has 0 spiro atoms. The van der Waals surface area contributed by atoms with E-state index in [1.165, 1.54) is 0 Å². The van der Waals surface area contributed by atoms with Crippen molar-refractivity contribution in [2.45, 2.75) is 19.3 Å². The zero-order chi connectivity index (χ0) is 13.9. The van der Waals surface area contributed by atoms with Gasteiger partial charge < -0.3 is 5.73 Å². The van der Waals surface area contributed by atoms with E-state index in [4.69, 9.17) is 10.7 Å². The Labute approximate surface area is 119 Å². The third kappa shape index (κ3) is 2.21. The highest BCUT2D eigenvalue weighted by molar-refractivity contribution is 5.78. The number of aromatic nitrogens is 2. The SMILES string of the molecule is CC(CCN)c1nc2ccccc2n1-c1ccccc1. The average molecular weight is 265 g/mol. The summed E-state index contributed by atoms with van der Waals surface area (Å²) in [6.07, 6.45) is 0.941. The summed E-state index contributed by atoms with van der Waals surface area (Å²) in [5, 5.41) is 0. The Morgan fingerprint density at radius 1 is 1.05 bits per heavy atom. The molecule has 3 aromatic rings. The van der Waals surface area contributed by atoms with Gasteiger partial charge >= 0.3 is 0 Å². The van der Waals surface area contributed by atoms with E-state index in [-0.39, 0.29) is 0 Å². The molecule has 0 radical (unpaired) electrons. The summed E-state index contributed by atoms with van der Waals surface area (Å²) < 4.78 is 2.25. The van der Waals surface area contributed by atoms with Crippen LogP contribution in [-0.2, 0) is 0 Å². The number of hydrogen-bond donors (Lipinski definition) is 1. The zero-order valence-corrected chi connectivity index (χ0v) is 11.7. The molecule has 0 aliphatic rings. The van der Waals surface area contributed by atoms with Crippen molar-refractivity contribution in [3.05, 3.63) is 60.4 Å². The van der Waals surface area contributed by atoms with Gasteiger partial charge in [0.1, 0.15) is 5.82 Å². The van der Waals surface area contributed by atoms with Gasteiger partial charge in [-0.3, -0.25) is 4.57 Å². The van der Waals surface area contributed by atoms with Gasteiger partial charge in [0, 0.05) is 11.6 Å². The molecule has 102 valence electrons. The number of fused-ring (bicyclic) bond motifs is 1. The summed E-state index contributed by atoms with van der Waals surface area (Å²) in [5.41, 5.74) is 9.05. The molecular formula is C17H19N3. The Kier molecular flexibility index (Phi) is 3.52. The Bertz CT molecular complexity index is 701. The van der Waals surface area contributed by atoms with Crippen LogP contribution in [0.15, 0.2) is 54.6 Å². The predicted octanol–water partition coefficient (Wildman–Crippen LogP) is 3.48. The van der Waals surface area contributed by atoms with Crippen molar-refractivity contribution in [1.29, 1.82) is 0 Å². The smallest absolute Gasteiger partial charge is 0.117 e. The monoisotopic (exact) mass is 265 g/mol. The first-order valence-electron chi connectivity index (χ1n) is 7.04. The topological polar surface area (TPSA) is 43.8 Å². The third-order valence-electron chi connectivity index (χ3n) is 3.64. The molecule has 1 heterocycles. The van der Waals surface area contributed by atoms with E-state index in [9.17, 15) is 0 Å². The summed E-state index contributed by atoms with van der Waals surface area (Å²) in [6, 6.07) is 18.7. The van der Waals surface area contributed by atoms with Gasteiger partial charge in [-0.15, -0.1) is 0 Å². The molecule has 1 unspecified atom stereocenters. The number of hydrogen-bond acceptors (Lipinski definition) is 2. The summed E-state index contributed by atoms with van der Waals surface area (Å²) >= 11 is 0. The maximum Gasteiger partial charge on any atom is 0.117 e. The van der Waals surface area contributed by atoms with E-state index in [0.29, 0.717) is 12.5 Å². The lowest BCUT2D eigenvalue weighted by molar-refractivity contribution is 0.640. The second kappa shape index (κ2) is 5.47. The van der Waals surface area contributed by atoms with Gasteiger partial charge in [-0.05, 0) is 37.2 Å². The lowest BCUT2D eigenvalue weighted by atomic mass is 10.1. The summed E-state index contributed by atoms with van der Waals surface area (Å²) in [5.74, 6) is 1.43. The van der Waals surface area contributed by atoms with E-state index >= 15 is 0 Å². The van der Waals surface area contributed by atoms with Crippen LogP contribution in [0.1, 0.15) is 25.1 Å². The number of para-hydroxylation sites is 3. The fraction of sp³-hybridized carbons (Fsp3) is 0.235. The fourth-order valence-corrected chi connectivity index (χ4v) is 2.60. The van der Waals surface area contributed by atoms with E-state index in [1.54, 1.807) is 0 Å². The van der Waals surface area contributed by atoms with Crippen molar-refractivity contribution in [2.75, 3.05) is 6.54 Å². The molecule has 3 heteroatoms. The lowest BCUT2D eigenvalue weighted by Crippen LogP contribution is -2.10. The van der Waals surface area contributed by atoms with Gasteiger partial charge in [-0.1, -0.05) is 37.3 Å². The van der Waals surface area contributed by atoms with Gasteiger partial charge in [0.05, 0.1) is 11.0 Å². The van der Waals surface area contributed by atoms with Crippen LogP contribution in [0.2, 0.25) is 0 Å². The maximum absolute atomic E-state index is 5.71. The lowest BCUT2D eigenvalue weighted by Gasteiger charge is -2.14. The zero-order valence-electron chi connectivity index (χ0n) is 11.7. The molecule has 0 aliphatic heterocycles. The summed E-state index contributed by atoms with van der Waals surface area (Å²) in [7, 11) is 0. The average Bonchev–Trinajstić information content (AvgIpc) is 2.88. The molecule has 0 saturated carbocycles. The first kappa shape index (κ1) is 12.9. The van der Waals surface area contributed by atoms with Crippen molar-refractivity contribution >= 4 is 11.0 Å². The van der Waals surface area contributed by atoms with Crippen molar-refractivity contribution in [3.8, 4) is 5.69 Å². The highest BCUT2D eigenvalue weighted by Crippen LogP contribution is 2.27. The Morgan fingerprint density at radius 2 is 1.75 bits per heavy atom. The van der Waals surface area contributed by atoms with E-state index in [2.05, 4.69) is 54.0 Å². The van der Waals surface area contributed by atoms with Crippen molar-refractivity contribution in [2.24, 2.45) is 5.73 Å². The Morgan fingerprint density at radius 3 is 2.50 bits per heavy atom. The molecule has 2 aromatic carbocycles. The van der Waals surface area contributed by atoms with E-state index in [0.717, 1.165) is 29.0 Å². The van der Waals surface area contributed by atoms with Crippen LogP contribution in [0.3, 0.4) is 0 Å². The highest BCUT2D eigenvalue weighted by atomic mass is 15.1. The van der Waals surface area contributed by atoms with Crippen LogP contribution >= 0.6 is 0 Å². The molecular weight excluding hydrogens is 246 g/mol. The Hall–Kier alpha value is -2.13. The minimum absolute atomic E-state index is 0.340. The fourth-order valence-electron chi connectivity index (χ4n) is 2.60. The third-order valence-corrected chi connectivity index (χ3v) is 3.64. The maximum atomic E-state index is 5.71. The minimum atomic E-state index is 0.340. The van der Waals surface area contributed by atoms with Crippen molar-refractivity contribution in [3.63, 3.8) is 0 Å². The molecule has 0 bridgehead atoms. The van der Waals surface area contributed by atoms with Gasteiger partial charge in [-0.25, -0.2) is 4.98 Å². The predicted molar refractivity (Wildman–Crippen MR) is 83.2 cm³/mol. The molecule has 0 fully saturated rings. The number of rotatable bonds is 4. The Balaban J connectivity index is 2.23. The number of imidazole rings is 1. The quantitative estimate of drug-likeness (QED) is 0.785. The summed E-state index contributed by atoms with van der Waals surface area (Å²) in [6.45, 7) is 2.87. The molecule has 3 rings (SSSR count). The molecule has 2 N–H and O–H groups in total.